The van der Waals surface area contributed by atoms with Crippen LogP contribution in [0.15, 0.2) is 41.0 Å². The monoisotopic (exact) mass is 500 g/mol. The molecule has 2 aliphatic heterocycles. The number of fused-ring (bicyclic) bond motifs is 1. The Morgan fingerprint density at radius 3 is 2.53 bits per heavy atom. The lowest BCUT2D eigenvalue weighted by molar-refractivity contribution is 0.0965. The first-order chi connectivity index (χ1) is 15.5. The lowest BCUT2D eigenvalue weighted by Crippen LogP contribution is -2.36. The number of anilines is 1. The topological polar surface area (TPSA) is 67.4 Å². The number of aromatic nitrogens is 2. The van der Waals surface area contributed by atoms with Crippen LogP contribution < -0.4 is 10.2 Å². The van der Waals surface area contributed by atoms with E-state index >= 15 is 0 Å². The summed E-state index contributed by atoms with van der Waals surface area (Å²) in [5, 5.41) is 2.75. The van der Waals surface area contributed by atoms with Crippen molar-refractivity contribution in [2.24, 2.45) is 0 Å². The zero-order chi connectivity index (χ0) is 22.2. The molecule has 2 aliphatic rings. The van der Waals surface area contributed by atoms with Crippen LogP contribution in [0.5, 0.6) is 0 Å². The third-order valence-corrected chi connectivity index (χ3v) is 6.55. The molecule has 0 unspecified atom stereocenters. The quantitative estimate of drug-likeness (QED) is 0.589. The predicted octanol–water partition coefficient (Wildman–Crippen LogP) is 3.86. The average Bonchev–Trinajstić information content (AvgIpc) is 3.17. The van der Waals surface area contributed by atoms with E-state index in [1.807, 2.05) is 12.1 Å². The molecule has 1 N–H and O–H groups in total. The summed E-state index contributed by atoms with van der Waals surface area (Å²) in [4.78, 5) is 23.7. The van der Waals surface area contributed by atoms with Gasteiger partial charge in [0.05, 0.1) is 54.2 Å². The van der Waals surface area contributed by atoms with Gasteiger partial charge in [0.2, 0.25) is 0 Å². The number of nitrogens with zero attached hydrogens (tertiary/aromatic N) is 3. The van der Waals surface area contributed by atoms with Gasteiger partial charge in [-0.1, -0.05) is 6.07 Å². The summed E-state index contributed by atoms with van der Waals surface area (Å²) < 4.78 is 34.8. The van der Waals surface area contributed by atoms with Crippen LogP contribution >= 0.6 is 15.9 Å². The molecule has 2 aromatic heterocycles. The van der Waals surface area contributed by atoms with Crippen molar-refractivity contribution in [1.82, 2.24) is 15.3 Å². The minimum atomic E-state index is -0.714. The SMILES string of the molecule is O=C1NCc2nc(-c3c(F)cccc3F)c(Br)c(Cc3ccc(N4CCOCC4)cn3)c21. The fourth-order valence-electron chi connectivity index (χ4n) is 4.08. The van der Waals surface area contributed by atoms with E-state index in [1.165, 1.54) is 18.2 Å². The zero-order valence-corrected chi connectivity index (χ0v) is 18.6. The molecule has 32 heavy (non-hydrogen) atoms. The number of nitrogens with one attached hydrogen (secondary N) is 1. The van der Waals surface area contributed by atoms with E-state index in [4.69, 9.17) is 4.74 Å². The summed E-state index contributed by atoms with van der Waals surface area (Å²) in [5.41, 5.74) is 3.15. The Morgan fingerprint density at radius 1 is 1.09 bits per heavy atom. The number of morpholine rings is 1. The summed E-state index contributed by atoms with van der Waals surface area (Å²) in [5.74, 6) is -1.68. The number of carbonyl (C=O) groups is 1. The Kier molecular flexibility index (Phi) is 5.60. The van der Waals surface area contributed by atoms with Crippen molar-refractivity contribution in [2.45, 2.75) is 13.0 Å². The molecule has 9 heteroatoms. The number of rotatable bonds is 4. The molecule has 1 amide bonds. The van der Waals surface area contributed by atoms with Crippen LogP contribution in [0, 0.1) is 11.6 Å². The summed E-state index contributed by atoms with van der Waals surface area (Å²) in [6.07, 6.45) is 2.11. The Balaban J connectivity index is 1.55. The average molecular weight is 501 g/mol. The highest BCUT2D eigenvalue weighted by Gasteiger charge is 2.30. The van der Waals surface area contributed by atoms with Gasteiger partial charge in [-0.05, 0) is 45.8 Å². The highest BCUT2D eigenvalue weighted by molar-refractivity contribution is 9.10. The molecule has 0 radical (unpaired) electrons. The molecule has 1 saturated heterocycles. The van der Waals surface area contributed by atoms with E-state index in [1.54, 1.807) is 6.20 Å². The van der Waals surface area contributed by atoms with Gasteiger partial charge in [0.1, 0.15) is 11.6 Å². The fraction of sp³-hybridized carbons (Fsp3) is 0.261. The summed E-state index contributed by atoms with van der Waals surface area (Å²) >= 11 is 3.48. The second-order valence-electron chi connectivity index (χ2n) is 7.64. The van der Waals surface area contributed by atoms with Crippen LogP contribution in [0.25, 0.3) is 11.3 Å². The number of amides is 1. The van der Waals surface area contributed by atoms with Crippen molar-refractivity contribution in [3.8, 4) is 11.3 Å². The third kappa shape index (κ3) is 3.75. The normalized spacial score (nSPS) is 15.6. The van der Waals surface area contributed by atoms with Gasteiger partial charge < -0.3 is 15.0 Å². The first kappa shape index (κ1) is 21.0. The fourth-order valence-corrected chi connectivity index (χ4v) is 4.71. The first-order valence-electron chi connectivity index (χ1n) is 10.2. The van der Waals surface area contributed by atoms with E-state index in [0.717, 1.165) is 24.5 Å². The maximum atomic E-state index is 14.5. The van der Waals surface area contributed by atoms with Gasteiger partial charge in [0, 0.05) is 29.7 Å². The maximum absolute atomic E-state index is 14.5. The van der Waals surface area contributed by atoms with E-state index in [0.29, 0.717) is 40.9 Å². The van der Waals surface area contributed by atoms with Crippen LogP contribution in [0.4, 0.5) is 14.5 Å². The molecular weight excluding hydrogens is 482 g/mol. The van der Waals surface area contributed by atoms with Crippen molar-refractivity contribution >= 4 is 27.5 Å². The van der Waals surface area contributed by atoms with Gasteiger partial charge in [-0.2, -0.15) is 0 Å². The molecule has 3 aromatic rings. The molecule has 5 rings (SSSR count). The second kappa shape index (κ2) is 8.55. The van der Waals surface area contributed by atoms with E-state index in [2.05, 4.69) is 36.1 Å². The zero-order valence-electron chi connectivity index (χ0n) is 17.0. The van der Waals surface area contributed by atoms with Gasteiger partial charge in [0.15, 0.2) is 0 Å². The summed E-state index contributed by atoms with van der Waals surface area (Å²) in [7, 11) is 0. The standard InChI is InChI=1S/C23H19BrF2N4O2/c24-21-15(10-13-4-5-14(11-27-13)30-6-8-32-9-7-30)19-18(12-28-23(19)31)29-22(21)20-16(25)2-1-3-17(20)26/h1-5,11H,6-10,12H2,(H,28,31). The Labute approximate surface area is 191 Å². The van der Waals surface area contributed by atoms with Crippen molar-refractivity contribution in [2.75, 3.05) is 31.2 Å². The number of hydrogen-bond acceptors (Lipinski definition) is 5. The summed E-state index contributed by atoms with van der Waals surface area (Å²) in [6.45, 7) is 3.19. The number of benzene rings is 1. The van der Waals surface area contributed by atoms with Crippen LogP contribution in [0.1, 0.15) is 27.3 Å². The molecule has 0 saturated carbocycles. The van der Waals surface area contributed by atoms with E-state index in [-0.39, 0.29) is 23.7 Å². The minimum absolute atomic E-state index is 0.135. The highest BCUT2D eigenvalue weighted by Crippen LogP contribution is 2.37. The lowest BCUT2D eigenvalue weighted by Gasteiger charge is -2.28. The predicted molar refractivity (Wildman–Crippen MR) is 119 cm³/mol. The molecule has 0 bridgehead atoms. The third-order valence-electron chi connectivity index (χ3n) is 5.70. The molecule has 4 heterocycles. The number of pyridine rings is 2. The maximum Gasteiger partial charge on any atom is 0.253 e. The first-order valence-corrected chi connectivity index (χ1v) is 11.0. The molecule has 1 aromatic carbocycles. The number of halogens is 3. The van der Waals surface area contributed by atoms with Gasteiger partial charge in [0.25, 0.3) is 5.91 Å². The molecule has 0 aliphatic carbocycles. The Morgan fingerprint density at radius 2 is 1.84 bits per heavy atom. The van der Waals surface area contributed by atoms with Crippen LogP contribution in [-0.2, 0) is 17.7 Å². The van der Waals surface area contributed by atoms with Crippen molar-refractivity contribution in [3.63, 3.8) is 0 Å². The molecular formula is C23H19BrF2N4O2. The van der Waals surface area contributed by atoms with Crippen molar-refractivity contribution < 1.29 is 18.3 Å². The van der Waals surface area contributed by atoms with Gasteiger partial charge in [-0.3, -0.25) is 9.78 Å². The van der Waals surface area contributed by atoms with Gasteiger partial charge in [-0.25, -0.2) is 13.8 Å². The number of hydrogen-bond donors (Lipinski definition) is 1. The Bertz CT molecular complexity index is 1180. The smallest absolute Gasteiger partial charge is 0.253 e. The van der Waals surface area contributed by atoms with Crippen molar-refractivity contribution in [3.05, 3.63) is 75.2 Å². The Hall–Kier alpha value is -2.91. The van der Waals surface area contributed by atoms with E-state index < -0.39 is 11.6 Å². The van der Waals surface area contributed by atoms with Gasteiger partial charge in [-0.15, -0.1) is 0 Å². The van der Waals surface area contributed by atoms with Gasteiger partial charge >= 0.3 is 0 Å². The summed E-state index contributed by atoms with van der Waals surface area (Å²) in [6, 6.07) is 7.58. The molecule has 164 valence electrons. The largest absolute Gasteiger partial charge is 0.378 e. The lowest BCUT2D eigenvalue weighted by atomic mass is 9.98. The molecule has 0 atom stereocenters. The number of carbonyl (C=O) groups excluding carboxylic acids is 1. The minimum Gasteiger partial charge on any atom is -0.378 e. The van der Waals surface area contributed by atoms with Crippen LogP contribution in [0.3, 0.4) is 0 Å². The molecule has 1 fully saturated rings. The van der Waals surface area contributed by atoms with Crippen LogP contribution in [0.2, 0.25) is 0 Å². The molecule has 0 spiro atoms. The number of ether oxygens (including phenoxy) is 1. The second-order valence-corrected chi connectivity index (χ2v) is 8.43. The van der Waals surface area contributed by atoms with E-state index in [9.17, 15) is 13.6 Å². The van der Waals surface area contributed by atoms with Crippen LogP contribution in [-0.4, -0.2) is 42.2 Å². The molecule has 6 nitrogen and oxygen atoms in total. The van der Waals surface area contributed by atoms with Crippen molar-refractivity contribution in [1.29, 1.82) is 0 Å². The highest BCUT2D eigenvalue weighted by atomic mass is 79.9.